The predicted molar refractivity (Wildman–Crippen MR) is 82.1 cm³/mol. The quantitative estimate of drug-likeness (QED) is 0.840. The zero-order chi connectivity index (χ0) is 17.2. The lowest BCUT2D eigenvalue weighted by molar-refractivity contribution is -0.188. The van der Waals surface area contributed by atoms with E-state index in [1.54, 1.807) is 24.3 Å². The summed E-state index contributed by atoms with van der Waals surface area (Å²) in [6.45, 7) is 5.62. The molecule has 3 nitrogen and oxygen atoms in total. The molecule has 1 aliphatic rings. The number of hydrogen-bond acceptors (Lipinski definition) is 2. The molecule has 2 atom stereocenters. The molecule has 0 radical (unpaired) electrons. The Bertz CT molecular complexity index is 625. The van der Waals surface area contributed by atoms with E-state index in [-0.39, 0.29) is 11.4 Å². The van der Waals surface area contributed by atoms with Crippen LogP contribution in [0.15, 0.2) is 40.6 Å². The highest BCUT2D eigenvalue weighted by molar-refractivity contribution is 7.89. The van der Waals surface area contributed by atoms with Gasteiger partial charge in [-0.2, -0.15) is 13.2 Å². The number of hydrogen-bond donors (Lipinski definition) is 0. The van der Waals surface area contributed by atoms with E-state index in [1.807, 2.05) is 6.92 Å². The topological polar surface area (TPSA) is 37.4 Å². The lowest BCUT2D eigenvalue weighted by Gasteiger charge is -2.36. The lowest BCUT2D eigenvalue weighted by Crippen LogP contribution is -2.50. The van der Waals surface area contributed by atoms with Crippen LogP contribution in [0.4, 0.5) is 13.2 Å². The fourth-order valence-corrected chi connectivity index (χ4v) is 3.79. The normalized spacial score (nSPS) is 20.2. The molecule has 2 rings (SSSR count). The summed E-state index contributed by atoms with van der Waals surface area (Å²) in [7, 11) is -1.65. The number of amides is 1. The highest BCUT2D eigenvalue weighted by Crippen LogP contribution is 2.30. The molecule has 1 saturated heterocycles. The fourth-order valence-electron chi connectivity index (χ4n) is 2.61. The minimum Gasteiger partial charge on any atom is -0.327 e. The molecule has 1 aliphatic heterocycles. The number of likely N-dealkylation sites (tertiary alicyclic amines) is 1. The monoisotopic (exact) mass is 345 g/mol. The van der Waals surface area contributed by atoms with Gasteiger partial charge >= 0.3 is 12.1 Å². The summed E-state index contributed by atoms with van der Waals surface area (Å²) in [5.74, 6) is -1.88. The molecule has 0 N–H and O–H groups in total. The van der Waals surface area contributed by atoms with Crippen molar-refractivity contribution in [2.45, 2.75) is 43.3 Å². The van der Waals surface area contributed by atoms with Crippen LogP contribution in [0.1, 0.15) is 24.8 Å². The molecule has 1 fully saturated rings. The summed E-state index contributed by atoms with van der Waals surface area (Å²) < 4.78 is 50.8. The van der Waals surface area contributed by atoms with Gasteiger partial charge in [0, 0.05) is 16.3 Å². The first-order valence-electron chi connectivity index (χ1n) is 7.27. The molecule has 23 heavy (non-hydrogen) atoms. The lowest BCUT2D eigenvalue weighted by atomic mass is 10.0. The van der Waals surface area contributed by atoms with Crippen LogP contribution in [-0.2, 0) is 15.6 Å². The fraction of sp³-hybridized carbons (Fsp3) is 0.438. The number of carbonyl (C=O) groups excluding carboxylic acids is 1. The highest BCUT2D eigenvalue weighted by Gasteiger charge is 2.46. The minimum absolute atomic E-state index is 0.00707. The van der Waals surface area contributed by atoms with Crippen molar-refractivity contribution < 1.29 is 22.2 Å². The van der Waals surface area contributed by atoms with E-state index in [9.17, 15) is 22.2 Å². The number of aryl methyl sites for hydroxylation is 1. The van der Waals surface area contributed by atoms with Gasteiger partial charge in [0.2, 0.25) is 0 Å². The van der Waals surface area contributed by atoms with Gasteiger partial charge < -0.3 is 4.90 Å². The van der Waals surface area contributed by atoms with Gasteiger partial charge in [0.05, 0.1) is 16.8 Å². The van der Waals surface area contributed by atoms with E-state index in [2.05, 4.69) is 6.58 Å². The average molecular weight is 345 g/mol. The van der Waals surface area contributed by atoms with Gasteiger partial charge in [0.1, 0.15) is 0 Å². The molecule has 0 aromatic heterocycles. The van der Waals surface area contributed by atoms with Gasteiger partial charge in [-0.05, 0) is 38.3 Å². The number of benzene rings is 1. The third-order valence-corrected chi connectivity index (χ3v) is 5.30. The van der Waals surface area contributed by atoms with Crippen molar-refractivity contribution in [2.24, 2.45) is 0 Å². The van der Waals surface area contributed by atoms with Gasteiger partial charge in [-0.15, -0.1) is 0 Å². The van der Waals surface area contributed by atoms with E-state index < -0.39 is 28.9 Å². The standard InChI is InChI=1S/C16H18F3NO2S/c1-11-6-8-13(9-7-11)23(22)12(2)14-5-3-4-10-20(14)15(21)16(17,18)19/h6-9,14H,2-5,10H2,1H3/t14-,23?/m0/s1. The zero-order valence-electron chi connectivity index (χ0n) is 12.7. The van der Waals surface area contributed by atoms with Crippen molar-refractivity contribution in [1.29, 1.82) is 0 Å². The third kappa shape index (κ3) is 4.02. The van der Waals surface area contributed by atoms with Crippen molar-refractivity contribution in [1.82, 2.24) is 4.90 Å². The molecule has 0 bridgehead atoms. The first kappa shape index (κ1) is 17.7. The number of alkyl halides is 3. The predicted octanol–water partition coefficient (Wildman–Crippen LogP) is 3.56. The summed E-state index contributed by atoms with van der Waals surface area (Å²) in [6.07, 6.45) is -3.40. The number of rotatable bonds is 3. The SMILES string of the molecule is C=C([C@@H]1CCCCN1C(=O)C(F)(F)F)S(=O)c1ccc(C)cc1. The van der Waals surface area contributed by atoms with Crippen LogP contribution >= 0.6 is 0 Å². The van der Waals surface area contributed by atoms with Crippen LogP contribution in [0.3, 0.4) is 0 Å². The van der Waals surface area contributed by atoms with Gasteiger partial charge in [-0.1, -0.05) is 24.3 Å². The van der Waals surface area contributed by atoms with Crippen LogP contribution < -0.4 is 0 Å². The summed E-state index contributed by atoms with van der Waals surface area (Å²) in [5.41, 5.74) is 0.989. The maximum atomic E-state index is 12.7. The Kier molecular flexibility index (Phi) is 5.29. The Morgan fingerprint density at radius 3 is 2.43 bits per heavy atom. The number of halogens is 3. The van der Waals surface area contributed by atoms with Gasteiger partial charge in [0.25, 0.3) is 0 Å². The smallest absolute Gasteiger partial charge is 0.327 e. The van der Waals surface area contributed by atoms with Crippen LogP contribution in [0.25, 0.3) is 0 Å². The molecule has 1 aromatic carbocycles. The van der Waals surface area contributed by atoms with E-state index >= 15 is 0 Å². The third-order valence-electron chi connectivity index (χ3n) is 3.85. The van der Waals surface area contributed by atoms with E-state index in [0.717, 1.165) is 10.5 Å². The highest BCUT2D eigenvalue weighted by atomic mass is 32.2. The van der Waals surface area contributed by atoms with E-state index in [1.165, 1.54) is 0 Å². The molecule has 7 heteroatoms. The average Bonchev–Trinajstić information content (AvgIpc) is 2.52. The summed E-state index contributed by atoms with van der Waals surface area (Å²) in [5, 5.41) is 0. The van der Waals surface area contributed by atoms with Crippen molar-refractivity contribution in [2.75, 3.05) is 6.54 Å². The Labute approximate surface area is 135 Å². The molecule has 0 aliphatic carbocycles. The Morgan fingerprint density at radius 1 is 1.26 bits per heavy atom. The van der Waals surface area contributed by atoms with Crippen molar-refractivity contribution in [3.05, 3.63) is 41.3 Å². The zero-order valence-corrected chi connectivity index (χ0v) is 13.5. The molecule has 0 saturated carbocycles. The number of carbonyl (C=O) groups is 1. The first-order chi connectivity index (χ1) is 10.7. The largest absolute Gasteiger partial charge is 0.471 e. The molecule has 1 amide bonds. The maximum Gasteiger partial charge on any atom is 0.471 e. The maximum absolute atomic E-state index is 12.7. The van der Waals surface area contributed by atoms with Crippen LogP contribution in [-0.4, -0.2) is 33.8 Å². The Balaban J connectivity index is 2.22. The molecule has 0 spiro atoms. The van der Waals surface area contributed by atoms with Gasteiger partial charge in [-0.25, -0.2) is 4.21 Å². The summed E-state index contributed by atoms with van der Waals surface area (Å²) in [6, 6.07) is 6.03. The minimum atomic E-state index is -4.93. The summed E-state index contributed by atoms with van der Waals surface area (Å²) in [4.78, 5) is 13.0. The van der Waals surface area contributed by atoms with Crippen LogP contribution in [0.2, 0.25) is 0 Å². The van der Waals surface area contributed by atoms with Crippen molar-refractivity contribution in [3.8, 4) is 0 Å². The van der Waals surface area contributed by atoms with Crippen LogP contribution in [0.5, 0.6) is 0 Å². The van der Waals surface area contributed by atoms with Crippen LogP contribution in [0, 0.1) is 6.92 Å². The van der Waals surface area contributed by atoms with Crippen molar-refractivity contribution >= 4 is 16.7 Å². The van der Waals surface area contributed by atoms with Gasteiger partial charge in [0.15, 0.2) is 0 Å². The van der Waals surface area contributed by atoms with E-state index in [4.69, 9.17) is 0 Å². The molecular weight excluding hydrogens is 327 g/mol. The second-order valence-corrected chi connectivity index (χ2v) is 7.09. The first-order valence-corrected chi connectivity index (χ1v) is 8.42. The van der Waals surface area contributed by atoms with Crippen molar-refractivity contribution in [3.63, 3.8) is 0 Å². The van der Waals surface area contributed by atoms with Gasteiger partial charge in [-0.3, -0.25) is 4.79 Å². The summed E-state index contributed by atoms with van der Waals surface area (Å²) >= 11 is 0. The molecular formula is C16H18F3NO2S. The second-order valence-electron chi connectivity index (χ2n) is 5.56. The Morgan fingerprint density at radius 2 is 1.87 bits per heavy atom. The molecule has 1 aromatic rings. The molecule has 1 heterocycles. The molecule has 1 unspecified atom stereocenters. The Hall–Kier alpha value is -1.63. The number of piperidine rings is 1. The molecule has 126 valence electrons. The number of nitrogens with zero attached hydrogens (tertiary/aromatic N) is 1. The van der Waals surface area contributed by atoms with E-state index in [0.29, 0.717) is 24.2 Å². The second kappa shape index (κ2) is 6.86.